The predicted octanol–water partition coefficient (Wildman–Crippen LogP) is 31.1. The Morgan fingerprint density at radius 1 is 0.175 bits per heavy atom. The summed E-state index contributed by atoms with van der Waals surface area (Å²) in [5.41, 5.74) is 0. The number of nitrogens with zero attached hydrogens (tertiary/aromatic N) is 4. The maximum Gasteiger partial charge on any atom is 0.0147 e. The fourth-order valence-corrected chi connectivity index (χ4v) is 34.5. The molecule has 654 valence electrons. The standard InChI is InChI=1S/C110H194N4/c1-9-11-13-15-17-19-21-83-35-59-95(60-36-83)111(93-55-31-81(7)32-56-93)105-75-107(113(97-63-47-89(48-64-97)85-39-23-77(3)24-40-85)98-65-49-90(50-66-98)86-41-25-78(4)26-42-86)103-74-72-102-106(112(94-57-33-82(8)34-58-94)96-61-37-84(38-62-96)22-20-18-16-14-12-10-2)76-108(104-73-71-101(105)109(103)110(102)104)114(99-67-51-91(52-68-99)87-43-27-79(5)28-44-87)100-69-53-92(54-70-100)88-45-29-80(6)30-46-88/h77-110H,9-76H2,1-8H3. The molecule has 16 fully saturated rings. The molecule has 16 rings (SSSR count). The quantitative estimate of drug-likeness (QED) is 0.0665. The Labute approximate surface area is 709 Å². The molecule has 0 N–H and O–H groups in total. The highest BCUT2D eigenvalue weighted by molar-refractivity contribution is 5.17. The smallest absolute Gasteiger partial charge is 0.0147 e. The second-order valence-corrected chi connectivity index (χ2v) is 48.1. The Bertz CT molecular complexity index is 2400. The zero-order valence-corrected chi connectivity index (χ0v) is 77.5. The van der Waals surface area contributed by atoms with Crippen LogP contribution in [0, 0.1) is 130 Å². The first-order valence-corrected chi connectivity index (χ1v) is 55.0. The van der Waals surface area contributed by atoms with E-state index in [1.54, 1.807) is 257 Å². The van der Waals surface area contributed by atoms with E-state index in [4.69, 9.17) is 0 Å². The first kappa shape index (κ1) is 87.3. The van der Waals surface area contributed by atoms with E-state index in [2.05, 4.69) is 75.0 Å². The molecule has 10 unspecified atom stereocenters. The van der Waals surface area contributed by atoms with Crippen molar-refractivity contribution in [2.24, 2.45) is 130 Å². The van der Waals surface area contributed by atoms with Crippen LogP contribution in [0.5, 0.6) is 0 Å². The molecule has 0 bridgehead atoms. The van der Waals surface area contributed by atoms with E-state index in [1.807, 2.05) is 0 Å². The molecule has 0 aromatic rings. The minimum absolute atomic E-state index is 0.807. The minimum Gasteiger partial charge on any atom is -0.294 e. The summed E-state index contributed by atoms with van der Waals surface area (Å²) in [7, 11) is 0. The summed E-state index contributed by atoms with van der Waals surface area (Å²) in [4.78, 5) is 14.9. The van der Waals surface area contributed by atoms with E-state index in [9.17, 15) is 0 Å². The Hall–Kier alpha value is -0.160. The normalized spacial score (nSPS) is 46.2. The van der Waals surface area contributed by atoms with Crippen molar-refractivity contribution in [1.29, 1.82) is 0 Å². The maximum absolute atomic E-state index is 3.76. The number of unbranched alkanes of at least 4 members (excludes halogenated alkanes) is 10. The SMILES string of the molecule is CCCCCCCCC1CCC(N(C2CCC(C)CC2)C2CC(N(C3CCC(C4CCC(C)CC4)CC3)C3CCC(C4CCC(C)CC4)CC3)C3CCC4C5C(CCC2C35)C(N(C2CCC(C3CCC(C)CC3)CC2)C2CCC(C3CCC(C)CC3)CC2)CC4N(C2CCC(C)CC2)C2CCC(CCCCCCCC)CC2)CC1. The van der Waals surface area contributed by atoms with Crippen LogP contribution < -0.4 is 0 Å². The van der Waals surface area contributed by atoms with Crippen molar-refractivity contribution in [3.63, 3.8) is 0 Å². The van der Waals surface area contributed by atoms with E-state index in [1.165, 1.54) is 180 Å². The van der Waals surface area contributed by atoms with E-state index in [0.717, 1.165) is 203 Å². The number of rotatable bonds is 30. The van der Waals surface area contributed by atoms with E-state index < -0.39 is 0 Å². The average Bonchev–Trinajstić information content (AvgIpc) is 0.698. The van der Waals surface area contributed by atoms with Gasteiger partial charge in [0.15, 0.2) is 0 Å². The largest absolute Gasteiger partial charge is 0.294 e. The monoisotopic (exact) mass is 1570 g/mol. The molecule has 4 nitrogen and oxygen atoms in total. The molecule has 0 amide bonds. The number of hydrogen-bond donors (Lipinski definition) is 0. The molecule has 10 atom stereocenters. The van der Waals surface area contributed by atoms with Gasteiger partial charge in [0.2, 0.25) is 0 Å². The van der Waals surface area contributed by atoms with Crippen LogP contribution in [0.2, 0.25) is 0 Å². The Morgan fingerprint density at radius 3 is 0.553 bits per heavy atom. The molecule has 16 saturated carbocycles. The summed E-state index contributed by atoms with van der Waals surface area (Å²) in [6.45, 7) is 20.6. The van der Waals surface area contributed by atoms with E-state index in [0.29, 0.717) is 0 Å². The molecule has 16 aliphatic carbocycles. The van der Waals surface area contributed by atoms with Gasteiger partial charge in [0.05, 0.1) is 0 Å². The van der Waals surface area contributed by atoms with Crippen LogP contribution >= 0.6 is 0 Å². The summed E-state index contributed by atoms with van der Waals surface area (Å²) in [6, 6.07) is 9.91. The lowest BCUT2D eigenvalue weighted by Crippen LogP contribution is -2.72. The maximum atomic E-state index is 3.76. The molecule has 0 aromatic carbocycles. The van der Waals surface area contributed by atoms with Gasteiger partial charge in [0.1, 0.15) is 0 Å². The Balaban J connectivity index is 0.794. The fraction of sp³-hybridized carbons (Fsp3) is 1.00. The average molecular weight is 1570 g/mol. The molecule has 0 spiro atoms. The number of hydrogen-bond acceptors (Lipinski definition) is 4. The van der Waals surface area contributed by atoms with Crippen LogP contribution in [0.15, 0.2) is 0 Å². The third kappa shape index (κ3) is 21.3. The van der Waals surface area contributed by atoms with Crippen LogP contribution in [0.1, 0.15) is 492 Å². The lowest BCUT2D eigenvalue weighted by Gasteiger charge is -2.69. The molecular weight excluding hydrogens is 1380 g/mol. The van der Waals surface area contributed by atoms with Crippen molar-refractivity contribution < 1.29 is 0 Å². The molecule has 0 radical (unpaired) electrons. The van der Waals surface area contributed by atoms with Crippen LogP contribution in [-0.2, 0) is 0 Å². The zero-order valence-electron chi connectivity index (χ0n) is 77.5. The van der Waals surface area contributed by atoms with Crippen molar-refractivity contribution in [3.05, 3.63) is 0 Å². The first-order chi connectivity index (χ1) is 55.9. The summed E-state index contributed by atoms with van der Waals surface area (Å²) < 4.78 is 0. The zero-order chi connectivity index (χ0) is 78.0. The van der Waals surface area contributed by atoms with Crippen molar-refractivity contribution >= 4 is 0 Å². The fourth-order valence-electron chi connectivity index (χ4n) is 34.5. The summed E-state index contributed by atoms with van der Waals surface area (Å²) in [5, 5.41) is 0. The van der Waals surface area contributed by atoms with Gasteiger partial charge in [-0.05, 0) is 426 Å². The first-order valence-electron chi connectivity index (χ1n) is 55.0. The minimum atomic E-state index is 0.807. The second kappa shape index (κ2) is 42.7. The highest BCUT2D eigenvalue weighted by Gasteiger charge is 2.65. The van der Waals surface area contributed by atoms with Gasteiger partial charge in [-0.2, -0.15) is 0 Å². The van der Waals surface area contributed by atoms with Crippen LogP contribution in [0.4, 0.5) is 0 Å². The van der Waals surface area contributed by atoms with Gasteiger partial charge in [-0.3, -0.25) is 19.6 Å². The topological polar surface area (TPSA) is 13.0 Å². The molecular formula is C110H194N4. The predicted molar refractivity (Wildman–Crippen MR) is 489 cm³/mol. The highest BCUT2D eigenvalue weighted by atomic mass is 15.3. The Morgan fingerprint density at radius 2 is 0.342 bits per heavy atom. The Kier molecular flexibility index (Phi) is 32.7. The molecule has 4 heteroatoms. The van der Waals surface area contributed by atoms with Gasteiger partial charge in [0, 0.05) is 72.5 Å². The summed E-state index contributed by atoms with van der Waals surface area (Å²) >= 11 is 0. The molecule has 0 saturated heterocycles. The molecule has 0 aromatic heterocycles. The molecule has 16 aliphatic rings. The van der Waals surface area contributed by atoms with Crippen molar-refractivity contribution in [2.45, 2.75) is 565 Å². The molecule has 0 heterocycles. The highest BCUT2D eigenvalue weighted by Crippen LogP contribution is 2.66. The van der Waals surface area contributed by atoms with Crippen molar-refractivity contribution in [3.8, 4) is 0 Å². The van der Waals surface area contributed by atoms with Gasteiger partial charge >= 0.3 is 0 Å². The van der Waals surface area contributed by atoms with Crippen molar-refractivity contribution in [1.82, 2.24) is 19.6 Å². The molecule has 114 heavy (non-hydrogen) atoms. The third-order valence-electron chi connectivity index (χ3n) is 41.3. The molecule has 0 aliphatic heterocycles. The van der Waals surface area contributed by atoms with Gasteiger partial charge in [0.25, 0.3) is 0 Å². The van der Waals surface area contributed by atoms with E-state index in [-0.39, 0.29) is 0 Å². The van der Waals surface area contributed by atoms with E-state index >= 15 is 0 Å². The van der Waals surface area contributed by atoms with Crippen LogP contribution in [-0.4, -0.2) is 92.1 Å². The lowest BCUT2D eigenvalue weighted by molar-refractivity contribution is -0.197. The van der Waals surface area contributed by atoms with Gasteiger partial charge < -0.3 is 0 Å². The van der Waals surface area contributed by atoms with Crippen molar-refractivity contribution in [2.75, 3.05) is 0 Å². The summed E-state index contributed by atoms with van der Waals surface area (Å²) in [6.07, 6.45) is 104. The van der Waals surface area contributed by atoms with Crippen LogP contribution in [0.25, 0.3) is 0 Å². The third-order valence-corrected chi connectivity index (χ3v) is 41.3. The lowest BCUT2D eigenvalue weighted by atomic mass is 9.44. The second-order valence-electron chi connectivity index (χ2n) is 48.1. The van der Waals surface area contributed by atoms with Gasteiger partial charge in [-0.25, -0.2) is 0 Å². The van der Waals surface area contributed by atoms with Crippen LogP contribution in [0.3, 0.4) is 0 Å². The van der Waals surface area contributed by atoms with Gasteiger partial charge in [-0.15, -0.1) is 0 Å². The summed E-state index contributed by atoms with van der Waals surface area (Å²) in [5.74, 6) is 21.4. The van der Waals surface area contributed by atoms with Gasteiger partial charge in [-0.1, -0.05) is 197 Å².